The summed E-state index contributed by atoms with van der Waals surface area (Å²) in [7, 11) is 0. The molecular weight excluding hydrogens is 150 g/mol. The van der Waals surface area contributed by atoms with Crippen molar-refractivity contribution in [2.75, 3.05) is 32.7 Å². The Morgan fingerprint density at radius 2 is 1.75 bits per heavy atom. The first-order valence-corrected chi connectivity index (χ1v) is 4.99. The molecule has 0 saturated carbocycles. The zero-order valence-electron chi connectivity index (χ0n) is 7.84. The zero-order valence-corrected chi connectivity index (χ0v) is 7.84. The molecule has 4 N–H and O–H groups in total. The molecule has 1 aliphatic heterocycles. The van der Waals surface area contributed by atoms with E-state index in [9.17, 15) is 0 Å². The Hall–Kier alpha value is -0.120. The smallest absolute Gasteiger partial charge is 0.0105 e. The van der Waals surface area contributed by atoms with Gasteiger partial charge in [0, 0.05) is 13.1 Å². The molecule has 0 radical (unpaired) electrons. The lowest BCUT2D eigenvalue weighted by atomic mass is 9.94. The lowest BCUT2D eigenvalue weighted by Crippen LogP contribution is -2.37. The van der Waals surface area contributed by atoms with Gasteiger partial charge in [0.05, 0.1) is 0 Å². The molecule has 1 saturated heterocycles. The lowest BCUT2D eigenvalue weighted by Gasteiger charge is -2.31. The van der Waals surface area contributed by atoms with Crippen LogP contribution in [-0.2, 0) is 0 Å². The summed E-state index contributed by atoms with van der Waals surface area (Å²) in [6, 6.07) is 0. The van der Waals surface area contributed by atoms with Crippen molar-refractivity contribution < 1.29 is 0 Å². The van der Waals surface area contributed by atoms with Gasteiger partial charge in [-0.05, 0) is 44.8 Å². The molecule has 1 fully saturated rings. The number of nitrogens with zero attached hydrogens (tertiary/aromatic N) is 1. The highest BCUT2D eigenvalue weighted by molar-refractivity contribution is 4.72. The molecular formula is C9H21N3. The highest BCUT2D eigenvalue weighted by Gasteiger charge is 2.17. The van der Waals surface area contributed by atoms with Gasteiger partial charge in [-0.1, -0.05) is 0 Å². The number of hydrogen-bond donors (Lipinski definition) is 2. The predicted molar refractivity (Wildman–Crippen MR) is 51.9 cm³/mol. The van der Waals surface area contributed by atoms with Crippen molar-refractivity contribution in [3.8, 4) is 0 Å². The van der Waals surface area contributed by atoms with E-state index in [0.717, 1.165) is 25.6 Å². The summed E-state index contributed by atoms with van der Waals surface area (Å²) in [5.74, 6) is 0.879. The maximum atomic E-state index is 5.52. The van der Waals surface area contributed by atoms with Gasteiger partial charge in [-0.3, -0.25) is 0 Å². The Kier molecular flexibility index (Phi) is 4.58. The van der Waals surface area contributed by atoms with Crippen LogP contribution in [0.25, 0.3) is 0 Å². The molecule has 1 rings (SSSR count). The number of likely N-dealkylation sites (tertiary alicyclic amines) is 1. The van der Waals surface area contributed by atoms with E-state index >= 15 is 0 Å². The summed E-state index contributed by atoms with van der Waals surface area (Å²) in [5, 5.41) is 0. The summed E-state index contributed by atoms with van der Waals surface area (Å²) < 4.78 is 0. The Morgan fingerprint density at radius 1 is 1.08 bits per heavy atom. The van der Waals surface area contributed by atoms with Crippen LogP contribution in [0.3, 0.4) is 0 Å². The lowest BCUT2D eigenvalue weighted by molar-refractivity contribution is 0.184. The van der Waals surface area contributed by atoms with Crippen LogP contribution in [0.1, 0.15) is 19.3 Å². The van der Waals surface area contributed by atoms with Crippen molar-refractivity contribution in [3.63, 3.8) is 0 Å². The minimum Gasteiger partial charge on any atom is -0.330 e. The van der Waals surface area contributed by atoms with Gasteiger partial charge in [0.25, 0.3) is 0 Å². The first kappa shape index (κ1) is 9.96. The fourth-order valence-corrected chi connectivity index (χ4v) is 1.92. The molecule has 3 heteroatoms. The van der Waals surface area contributed by atoms with E-state index in [4.69, 9.17) is 11.5 Å². The number of piperidine rings is 1. The summed E-state index contributed by atoms with van der Waals surface area (Å²) in [6.07, 6.45) is 3.84. The van der Waals surface area contributed by atoms with Crippen LogP contribution >= 0.6 is 0 Å². The van der Waals surface area contributed by atoms with E-state index < -0.39 is 0 Å². The second-order valence-corrected chi connectivity index (χ2v) is 3.65. The molecule has 12 heavy (non-hydrogen) atoms. The van der Waals surface area contributed by atoms with Crippen LogP contribution < -0.4 is 11.5 Å². The largest absolute Gasteiger partial charge is 0.330 e. The van der Waals surface area contributed by atoms with E-state index in [-0.39, 0.29) is 0 Å². The third-order valence-corrected chi connectivity index (χ3v) is 2.73. The molecule has 72 valence electrons. The topological polar surface area (TPSA) is 55.3 Å². The molecule has 0 spiro atoms. The Labute approximate surface area is 75.1 Å². The summed E-state index contributed by atoms with van der Waals surface area (Å²) in [5.41, 5.74) is 11.0. The Bertz CT molecular complexity index is 94.3. The van der Waals surface area contributed by atoms with Gasteiger partial charge < -0.3 is 16.4 Å². The second-order valence-electron chi connectivity index (χ2n) is 3.65. The van der Waals surface area contributed by atoms with Gasteiger partial charge in [-0.2, -0.15) is 0 Å². The van der Waals surface area contributed by atoms with Crippen LogP contribution in [0.15, 0.2) is 0 Å². The fraction of sp³-hybridized carbons (Fsp3) is 1.00. The molecule has 1 aliphatic rings. The highest BCUT2D eigenvalue weighted by Crippen LogP contribution is 2.18. The highest BCUT2D eigenvalue weighted by atomic mass is 15.1. The van der Waals surface area contributed by atoms with Gasteiger partial charge in [-0.15, -0.1) is 0 Å². The SMILES string of the molecule is NCCC1CCN(CCN)CC1. The third-order valence-electron chi connectivity index (χ3n) is 2.73. The minimum atomic E-state index is 0.793. The van der Waals surface area contributed by atoms with Crippen LogP contribution in [0.4, 0.5) is 0 Å². The van der Waals surface area contributed by atoms with Crippen LogP contribution in [0.2, 0.25) is 0 Å². The van der Waals surface area contributed by atoms with Crippen molar-refractivity contribution in [1.29, 1.82) is 0 Å². The van der Waals surface area contributed by atoms with Gasteiger partial charge >= 0.3 is 0 Å². The number of hydrogen-bond acceptors (Lipinski definition) is 3. The average Bonchev–Trinajstić information content (AvgIpc) is 2.09. The maximum absolute atomic E-state index is 5.52. The van der Waals surface area contributed by atoms with Crippen molar-refractivity contribution in [2.45, 2.75) is 19.3 Å². The van der Waals surface area contributed by atoms with Gasteiger partial charge in [0.1, 0.15) is 0 Å². The van der Waals surface area contributed by atoms with Crippen LogP contribution in [-0.4, -0.2) is 37.6 Å². The summed E-state index contributed by atoms with van der Waals surface area (Å²) >= 11 is 0. The van der Waals surface area contributed by atoms with E-state index in [1.165, 1.54) is 32.4 Å². The summed E-state index contributed by atoms with van der Waals surface area (Å²) in [6.45, 7) is 5.15. The van der Waals surface area contributed by atoms with Gasteiger partial charge in [0.2, 0.25) is 0 Å². The van der Waals surface area contributed by atoms with Crippen molar-refractivity contribution in [3.05, 3.63) is 0 Å². The van der Waals surface area contributed by atoms with E-state index in [2.05, 4.69) is 4.90 Å². The van der Waals surface area contributed by atoms with Gasteiger partial charge in [-0.25, -0.2) is 0 Å². The second kappa shape index (κ2) is 5.51. The quantitative estimate of drug-likeness (QED) is 0.626. The first-order chi connectivity index (χ1) is 5.86. The monoisotopic (exact) mass is 171 g/mol. The molecule has 3 nitrogen and oxygen atoms in total. The third kappa shape index (κ3) is 3.09. The van der Waals surface area contributed by atoms with E-state index in [0.29, 0.717) is 0 Å². The number of rotatable bonds is 4. The molecule has 0 aromatic carbocycles. The van der Waals surface area contributed by atoms with Crippen LogP contribution in [0.5, 0.6) is 0 Å². The number of nitrogens with two attached hydrogens (primary N) is 2. The van der Waals surface area contributed by atoms with Crippen molar-refractivity contribution in [1.82, 2.24) is 4.90 Å². The molecule has 0 atom stereocenters. The van der Waals surface area contributed by atoms with Gasteiger partial charge in [0.15, 0.2) is 0 Å². The Balaban J connectivity index is 2.11. The molecule has 1 heterocycles. The Morgan fingerprint density at radius 3 is 2.25 bits per heavy atom. The molecule has 0 unspecified atom stereocenters. The first-order valence-electron chi connectivity index (χ1n) is 4.99. The molecule has 0 aromatic heterocycles. The van der Waals surface area contributed by atoms with Crippen molar-refractivity contribution in [2.24, 2.45) is 17.4 Å². The molecule has 0 bridgehead atoms. The van der Waals surface area contributed by atoms with Crippen LogP contribution in [0, 0.1) is 5.92 Å². The van der Waals surface area contributed by atoms with Crippen molar-refractivity contribution >= 4 is 0 Å². The molecule has 0 aliphatic carbocycles. The normalized spacial score (nSPS) is 21.5. The zero-order chi connectivity index (χ0) is 8.81. The standard InChI is InChI=1S/C9H21N3/c10-4-1-9-2-6-12(7-3-9)8-5-11/h9H,1-8,10-11H2. The average molecular weight is 171 g/mol. The maximum Gasteiger partial charge on any atom is 0.0105 e. The fourth-order valence-electron chi connectivity index (χ4n) is 1.92. The minimum absolute atomic E-state index is 0.793. The van der Waals surface area contributed by atoms with E-state index in [1.54, 1.807) is 0 Å². The predicted octanol–water partition coefficient (Wildman–Crippen LogP) is 0.00590. The molecule has 0 amide bonds. The summed E-state index contributed by atoms with van der Waals surface area (Å²) in [4.78, 5) is 2.45. The molecule has 0 aromatic rings. The van der Waals surface area contributed by atoms with E-state index in [1.807, 2.05) is 0 Å².